The van der Waals surface area contributed by atoms with Crippen LogP contribution in [0.5, 0.6) is 0 Å². The van der Waals surface area contributed by atoms with Gasteiger partial charge in [-0.1, -0.05) is 47.5 Å². The van der Waals surface area contributed by atoms with Crippen LogP contribution in [-0.2, 0) is 0 Å². The summed E-state index contributed by atoms with van der Waals surface area (Å²) in [6.45, 7) is 2.85. The van der Waals surface area contributed by atoms with E-state index in [1.807, 2.05) is 41.3 Å². The van der Waals surface area contributed by atoms with E-state index in [-0.39, 0.29) is 5.91 Å². The molecule has 0 atom stereocenters. The van der Waals surface area contributed by atoms with Gasteiger partial charge in [0.15, 0.2) is 0 Å². The molecular weight excluding hydrogens is 319 g/mol. The number of anilines is 1. The van der Waals surface area contributed by atoms with Gasteiger partial charge in [-0.3, -0.25) is 4.79 Å². The number of para-hydroxylation sites is 1. The van der Waals surface area contributed by atoms with Crippen LogP contribution >= 0.6 is 23.2 Å². The zero-order valence-electron chi connectivity index (χ0n) is 12.0. The van der Waals surface area contributed by atoms with E-state index in [1.165, 1.54) is 0 Å². The first kappa shape index (κ1) is 15.2. The predicted octanol–water partition coefficient (Wildman–Crippen LogP) is 3.96. The van der Waals surface area contributed by atoms with E-state index < -0.39 is 0 Å². The minimum Gasteiger partial charge on any atom is -0.367 e. The summed E-state index contributed by atoms with van der Waals surface area (Å²) in [5.74, 6) is -0.00981. The maximum Gasteiger partial charge on any atom is 0.255 e. The van der Waals surface area contributed by atoms with Crippen LogP contribution in [0.3, 0.4) is 0 Å². The van der Waals surface area contributed by atoms with Gasteiger partial charge in [0.05, 0.1) is 21.3 Å². The summed E-state index contributed by atoms with van der Waals surface area (Å²) >= 11 is 12.3. The fraction of sp³-hybridized carbons (Fsp3) is 0.235. The zero-order chi connectivity index (χ0) is 15.5. The number of nitrogens with zero attached hydrogens (tertiary/aromatic N) is 2. The van der Waals surface area contributed by atoms with Crippen molar-refractivity contribution < 1.29 is 4.79 Å². The second kappa shape index (κ2) is 6.59. The fourth-order valence-electron chi connectivity index (χ4n) is 2.66. The Bertz CT molecular complexity index is 682. The highest BCUT2D eigenvalue weighted by atomic mass is 35.5. The number of hydrogen-bond donors (Lipinski definition) is 0. The Morgan fingerprint density at radius 3 is 2.05 bits per heavy atom. The summed E-state index contributed by atoms with van der Waals surface area (Å²) in [5.41, 5.74) is 1.59. The van der Waals surface area contributed by atoms with Crippen LogP contribution in [0, 0.1) is 0 Å². The van der Waals surface area contributed by atoms with Gasteiger partial charge in [-0.2, -0.15) is 0 Å². The first-order valence-corrected chi connectivity index (χ1v) is 7.95. The van der Waals surface area contributed by atoms with Crippen molar-refractivity contribution in [2.24, 2.45) is 0 Å². The molecule has 2 aromatic rings. The van der Waals surface area contributed by atoms with Crippen molar-refractivity contribution in [3.63, 3.8) is 0 Å². The molecule has 1 heterocycles. The van der Waals surface area contributed by atoms with Crippen LogP contribution in [-0.4, -0.2) is 37.0 Å². The Morgan fingerprint density at radius 1 is 0.818 bits per heavy atom. The molecule has 1 aliphatic heterocycles. The first-order valence-electron chi connectivity index (χ1n) is 7.20. The Labute approximate surface area is 140 Å². The second-order valence-corrected chi connectivity index (χ2v) is 6.02. The maximum absolute atomic E-state index is 12.5. The lowest BCUT2D eigenvalue weighted by molar-refractivity contribution is 0.0747. The fourth-order valence-corrected chi connectivity index (χ4v) is 3.14. The van der Waals surface area contributed by atoms with E-state index in [1.54, 1.807) is 12.1 Å². The third-order valence-corrected chi connectivity index (χ3v) is 4.51. The van der Waals surface area contributed by atoms with Crippen molar-refractivity contribution in [2.45, 2.75) is 0 Å². The molecule has 1 saturated heterocycles. The monoisotopic (exact) mass is 334 g/mol. The topological polar surface area (TPSA) is 23.6 Å². The quantitative estimate of drug-likeness (QED) is 0.829. The van der Waals surface area contributed by atoms with Crippen molar-refractivity contribution >= 4 is 34.8 Å². The molecule has 3 nitrogen and oxygen atoms in total. The summed E-state index contributed by atoms with van der Waals surface area (Å²) in [5, 5.41) is 1.24. The van der Waals surface area contributed by atoms with Gasteiger partial charge in [-0.05, 0) is 24.3 Å². The van der Waals surface area contributed by atoms with Crippen molar-refractivity contribution in [3.8, 4) is 0 Å². The summed E-state index contributed by atoms with van der Waals surface area (Å²) < 4.78 is 0. The number of rotatable bonds is 2. The van der Waals surface area contributed by atoms with Crippen molar-refractivity contribution in [1.82, 2.24) is 4.90 Å². The average Bonchev–Trinajstić information content (AvgIpc) is 2.55. The van der Waals surface area contributed by atoms with E-state index in [0.717, 1.165) is 23.8 Å². The summed E-state index contributed by atoms with van der Waals surface area (Å²) in [4.78, 5) is 16.6. The minimum absolute atomic E-state index is 0.00981. The highest BCUT2D eigenvalue weighted by Crippen LogP contribution is 2.26. The van der Waals surface area contributed by atoms with Crippen LogP contribution < -0.4 is 4.90 Å². The molecule has 1 amide bonds. The lowest BCUT2D eigenvalue weighted by Crippen LogP contribution is -2.48. The van der Waals surface area contributed by atoms with Gasteiger partial charge in [-0.15, -0.1) is 0 Å². The van der Waals surface area contributed by atoms with E-state index in [2.05, 4.69) is 4.90 Å². The number of piperazine rings is 1. The van der Waals surface area contributed by atoms with Crippen LogP contribution in [0.2, 0.25) is 10.0 Å². The lowest BCUT2D eigenvalue weighted by Gasteiger charge is -2.36. The highest BCUT2D eigenvalue weighted by molar-refractivity contribution is 6.34. The largest absolute Gasteiger partial charge is 0.367 e. The van der Waals surface area contributed by atoms with Gasteiger partial charge in [-0.25, -0.2) is 0 Å². The third-order valence-electron chi connectivity index (χ3n) is 3.86. The van der Waals surface area contributed by atoms with Crippen molar-refractivity contribution in [2.75, 3.05) is 31.1 Å². The Hall–Kier alpha value is -1.71. The van der Waals surface area contributed by atoms with E-state index in [0.29, 0.717) is 23.7 Å². The van der Waals surface area contributed by atoms with Crippen LogP contribution in [0.4, 0.5) is 5.69 Å². The van der Waals surface area contributed by atoms with Gasteiger partial charge in [0, 0.05) is 26.2 Å². The number of amides is 1. The molecule has 2 aromatic carbocycles. The lowest BCUT2D eigenvalue weighted by atomic mass is 10.1. The van der Waals surface area contributed by atoms with Gasteiger partial charge < -0.3 is 9.80 Å². The van der Waals surface area contributed by atoms with Gasteiger partial charge in [0.2, 0.25) is 0 Å². The number of benzene rings is 2. The van der Waals surface area contributed by atoms with Gasteiger partial charge >= 0.3 is 0 Å². The van der Waals surface area contributed by atoms with E-state index in [9.17, 15) is 4.79 Å². The number of hydrogen-bond acceptors (Lipinski definition) is 2. The molecule has 0 unspecified atom stereocenters. The molecule has 0 aromatic heterocycles. The van der Waals surface area contributed by atoms with Crippen LogP contribution in [0.25, 0.3) is 0 Å². The van der Waals surface area contributed by atoms with Crippen LogP contribution in [0.15, 0.2) is 48.5 Å². The highest BCUT2D eigenvalue weighted by Gasteiger charge is 2.24. The van der Waals surface area contributed by atoms with Crippen molar-refractivity contribution in [3.05, 3.63) is 64.1 Å². The zero-order valence-corrected chi connectivity index (χ0v) is 13.5. The third kappa shape index (κ3) is 3.06. The molecule has 0 spiro atoms. The van der Waals surface area contributed by atoms with Crippen LogP contribution in [0.1, 0.15) is 10.4 Å². The summed E-state index contributed by atoms with van der Waals surface area (Å²) in [7, 11) is 0. The summed E-state index contributed by atoms with van der Waals surface area (Å²) in [6, 6.07) is 15.0. The molecule has 0 aliphatic carbocycles. The van der Waals surface area contributed by atoms with Crippen molar-refractivity contribution in [1.29, 1.82) is 0 Å². The van der Waals surface area contributed by atoms with E-state index >= 15 is 0 Å². The number of halogens is 2. The first-order chi connectivity index (χ1) is 10.7. The average molecular weight is 335 g/mol. The molecule has 1 aliphatic rings. The molecular formula is C17H16Cl2N2O. The molecule has 114 valence electrons. The Morgan fingerprint density at radius 2 is 1.41 bits per heavy atom. The Kier molecular flexibility index (Phi) is 4.55. The molecule has 22 heavy (non-hydrogen) atoms. The van der Waals surface area contributed by atoms with Gasteiger partial charge in [0.25, 0.3) is 5.91 Å². The number of carbonyl (C=O) groups is 1. The van der Waals surface area contributed by atoms with Gasteiger partial charge in [0.1, 0.15) is 0 Å². The normalized spacial score (nSPS) is 15.0. The minimum atomic E-state index is -0.00981. The number of carbonyl (C=O) groups excluding carboxylic acids is 1. The summed E-state index contributed by atoms with van der Waals surface area (Å²) in [6.07, 6.45) is 0. The predicted molar refractivity (Wildman–Crippen MR) is 91.0 cm³/mol. The second-order valence-electron chi connectivity index (χ2n) is 5.21. The Balaban J connectivity index is 1.68. The molecule has 1 fully saturated rings. The molecule has 0 N–H and O–H groups in total. The standard InChI is InChI=1S/C17H16Cl2N2O/c18-14-6-2-1-5-13(14)17(22)21-11-9-20(10-12-21)16-8-4-3-7-15(16)19/h1-8H,9-12H2. The molecule has 0 bridgehead atoms. The smallest absolute Gasteiger partial charge is 0.255 e. The molecule has 0 saturated carbocycles. The molecule has 3 rings (SSSR count). The van der Waals surface area contributed by atoms with E-state index in [4.69, 9.17) is 23.2 Å². The molecule has 5 heteroatoms. The SMILES string of the molecule is O=C(c1ccccc1Cl)N1CCN(c2ccccc2Cl)CC1. The maximum atomic E-state index is 12.5. The molecule has 0 radical (unpaired) electrons.